The van der Waals surface area contributed by atoms with E-state index in [1.165, 1.54) is 12.8 Å². The fourth-order valence-corrected chi connectivity index (χ4v) is 2.66. The Labute approximate surface area is 90.6 Å². The normalized spacial score (nSPS) is 30.3. The van der Waals surface area contributed by atoms with Crippen molar-refractivity contribution in [2.75, 3.05) is 26.2 Å². The van der Waals surface area contributed by atoms with Crippen molar-refractivity contribution in [2.45, 2.75) is 31.7 Å². The smallest absolute Gasteiger partial charge is 0.306 e. The van der Waals surface area contributed by atoms with Crippen LogP contribution < -0.4 is 5.32 Å². The van der Waals surface area contributed by atoms with Crippen molar-refractivity contribution < 1.29 is 9.90 Å². The Bertz CT molecular complexity index is 219. The van der Waals surface area contributed by atoms with Crippen LogP contribution in [0.5, 0.6) is 0 Å². The second kappa shape index (κ2) is 4.94. The molecule has 2 fully saturated rings. The number of piperidine rings is 2. The van der Waals surface area contributed by atoms with Gasteiger partial charge in [-0.3, -0.25) is 9.69 Å². The minimum absolute atomic E-state index is 0.0993. The van der Waals surface area contributed by atoms with Crippen molar-refractivity contribution in [2.24, 2.45) is 5.92 Å². The Morgan fingerprint density at radius 3 is 2.53 bits per heavy atom. The lowest BCUT2D eigenvalue weighted by atomic mass is 9.94. The molecule has 0 aromatic heterocycles. The highest BCUT2D eigenvalue weighted by Crippen LogP contribution is 2.21. The van der Waals surface area contributed by atoms with Gasteiger partial charge in [-0.2, -0.15) is 0 Å². The molecule has 0 aliphatic carbocycles. The van der Waals surface area contributed by atoms with Crippen molar-refractivity contribution in [1.29, 1.82) is 0 Å². The van der Waals surface area contributed by atoms with Crippen molar-refractivity contribution in [3.63, 3.8) is 0 Å². The SMILES string of the molecule is O=C(O)C1CCN(C2CCCNC2)CC1. The van der Waals surface area contributed by atoms with Crippen molar-refractivity contribution in [3.05, 3.63) is 0 Å². The van der Waals surface area contributed by atoms with Crippen LogP contribution in [-0.2, 0) is 4.79 Å². The van der Waals surface area contributed by atoms with Crippen LogP contribution in [-0.4, -0.2) is 48.2 Å². The molecule has 0 aromatic rings. The van der Waals surface area contributed by atoms with Gasteiger partial charge in [-0.15, -0.1) is 0 Å². The summed E-state index contributed by atoms with van der Waals surface area (Å²) >= 11 is 0. The van der Waals surface area contributed by atoms with E-state index in [0.717, 1.165) is 39.0 Å². The summed E-state index contributed by atoms with van der Waals surface area (Å²) in [6, 6.07) is 0.647. The predicted molar refractivity (Wildman–Crippen MR) is 57.8 cm³/mol. The number of carboxylic acid groups (broad SMARTS) is 1. The minimum Gasteiger partial charge on any atom is -0.481 e. The van der Waals surface area contributed by atoms with Crippen LogP contribution in [0.4, 0.5) is 0 Å². The highest BCUT2D eigenvalue weighted by atomic mass is 16.4. The van der Waals surface area contributed by atoms with Crippen LogP contribution in [0.15, 0.2) is 0 Å². The molecule has 4 nitrogen and oxygen atoms in total. The van der Waals surface area contributed by atoms with E-state index in [4.69, 9.17) is 5.11 Å². The van der Waals surface area contributed by atoms with Gasteiger partial charge in [0, 0.05) is 12.6 Å². The summed E-state index contributed by atoms with van der Waals surface area (Å²) in [5.74, 6) is -0.714. The molecule has 2 heterocycles. The molecule has 2 aliphatic rings. The monoisotopic (exact) mass is 212 g/mol. The number of nitrogens with one attached hydrogen (secondary N) is 1. The van der Waals surface area contributed by atoms with Crippen LogP contribution in [0.1, 0.15) is 25.7 Å². The highest BCUT2D eigenvalue weighted by molar-refractivity contribution is 5.70. The van der Waals surface area contributed by atoms with Gasteiger partial charge in [0.15, 0.2) is 0 Å². The first kappa shape index (κ1) is 10.9. The lowest BCUT2D eigenvalue weighted by molar-refractivity contribution is -0.143. The van der Waals surface area contributed by atoms with Gasteiger partial charge in [-0.25, -0.2) is 0 Å². The average molecular weight is 212 g/mol. The number of aliphatic carboxylic acids is 1. The van der Waals surface area contributed by atoms with E-state index in [1.54, 1.807) is 0 Å². The van der Waals surface area contributed by atoms with E-state index in [-0.39, 0.29) is 5.92 Å². The van der Waals surface area contributed by atoms with Gasteiger partial charge in [-0.1, -0.05) is 0 Å². The number of hydrogen-bond donors (Lipinski definition) is 2. The van der Waals surface area contributed by atoms with E-state index in [2.05, 4.69) is 10.2 Å². The zero-order chi connectivity index (χ0) is 10.7. The van der Waals surface area contributed by atoms with E-state index in [9.17, 15) is 4.79 Å². The van der Waals surface area contributed by atoms with E-state index >= 15 is 0 Å². The second-order valence-corrected chi connectivity index (χ2v) is 4.65. The Morgan fingerprint density at radius 2 is 2.00 bits per heavy atom. The summed E-state index contributed by atoms with van der Waals surface area (Å²) in [5.41, 5.74) is 0. The van der Waals surface area contributed by atoms with E-state index in [1.807, 2.05) is 0 Å². The molecule has 0 radical (unpaired) electrons. The third-order valence-electron chi connectivity index (χ3n) is 3.67. The van der Waals surface area contributed by atoms with Crippen molar-refractivity contribution >= 4 is 5.97 Å². The lowest BCUT2D eigenvalue weighted by Gasteiger charge is -2.38. The van der Waals surface area contributed by atoms with Crippen molar-refractivity contribution in [3.8, 4) is 0 Å². The van der Waals surface area contributed by atoms with Gasteiger partial charge >= 0.3 is 5.97 Å². The topological polar surface area (TPSA) is 52.6 Å². The molecule has 86 valence electrons. The maximum atomic E-state index is 10.8. The molecule has 1 atom stereocenters. The Morgan fingerprint density at radius 1 is 1.27 bits per heavy atom. The summed E-state index contributed by atoms with van der Waals surface area (Å²) in [6.07, 6.45) is 4.17. The fraction of sp³-hybridized carbons (Fsp3) is 0.909. The van der Waals surface area contributed by atoms with Crippen LogP contribution in [0, 0.1) is 5.92 Å². The van der Waals surface area contributed by atoms with Gasteiger partial charge in [-0.05, 0) is 45.3 Å². The number of nitrogens with zero attached hydrogens (tertiary/aromatic N) is 1. The third kappa shape index (κ3) is 2.69. The fourth-order valence-electron chi connectivity index (χ4n) is 2.66. The molecule has 0 aromatic carbocycles. The number of likely N-dealkylation sites (tertiary alicyclic amines) is 1. The molecule has 15 heavy (non-hydrogen) atoms. The average Bonchev–Trinajstić information content (AvgIpc) is 2.30. The lowest BCUT2D eigenvalue weighted by Crippen LogP contribution is -2.49. The maximum Gasteiger partial charge on any atom is 0.306 e. The van der Waals surface area contributed by atoms with Gasteiger partial charge in [0.25, 0.3) is 0 Å². The first-order valence-corrected chi connectivity index (χ1v) is 5.95. The highest BCUT2D eigenvalue weighted by Gasteiger charge is 2.28. The molecular weight excluding hydrogens is 192 g/mol. The van der Waals surface area contributed by atoms with Gasteiger partial charge < -0.3 is 10.4 Å². The summed E-state index contributed by atoms with van der Waals surface area (Å²) in [7, 11) is 0. The van der Waals surface area contributed by atoms with E-state index < -0.39 is 5.97 Å². The standard InChI is InChI=1S/C11H20N2O2/c14-11(15)9-3-6-13(7-4-9)10-2-1-5-12-8-10/h9-10,12H,1-8H2,(H,14,15). The largest absolute Gasteiger partial charge is 0.481 e. The van der Waals surface area contributed by atoms with Crippen LogP contribution in [0.2, 0.25) is 0 Å². The quantitative estimate of drug-likeness (QED) is 0.701. The number of rotatable bonds is 2. The Hall–Kier alpha value is -0.610. The molecule has 0 spiro atoms. The summed E-state index contributed by atoms with van der Waals surface area (Å²) in [4.78, 5) is 13.3. The molecule has 4 heteroatoms. The third-order valence-corrected chi connectivity index (χ3v) is 3.67. The van der Waals surface area contributed by atoms with Crippen LogP contribution in [0.25, 0.3) is 0 Å². The summed E-state index contributed by atoms with van der Waals surface area (Å²) in [6.45, 7) is 4.15. The molecule has 1 unspecified atom stereocenters. The zero-order valence-corrected chi connectivity index (χ0v) is 9.11. The van der Waals surface area contributed by atoms with Gasteiger partial charge in [0.05, 0.1) is 5.92 Å². The number of carboxylic acids is 1. The minimum atomic E-state index is -0.614. The molecular formula is C11H20N2O2. The summed E-state index contributed by atoms with van der Waals surface area (Å²) < 4.78 is 0. The Kier molecular flexibility index (Phi) is 3.59. The molecule has 0 saturated carbocycles. The summed E-state index contributed by atoms with van der Waals surface area (Å²) in [5, 5.41) is 12.3. The maximum absolute atomic E-state index is 10.8. The first-order valence-electron chi connectivity index (χ1n) is 5.95. The molecule has 0 bridgehead atoms. The molecule has 2 saturated heterocycles. The van der Waals surface area contributed by atoms with Crippen LogP contribution in [0.3, 0.4) is 0 Å². The zero-order valence-electron chi connectivity index (χ0n) is 9.11. The second-order valence-electron chi connectivity index (χ2n) is 4.65. The van der Waals surface area contributed by atoms with Gasteiger partial charge in [0.1, 0.15) is 0 Å². The number of carbonyl (C=O) groups is 1. The molecule has 0 amide bonds. The molecule has 2 N–H and O–H groups in total. The molecule has 2 aliphatic heterocycles. The first-order chi connectivity index (χ1) is 7.27. The van der Waals surface area contributed by atoms with Crippen molar-refractivity contribution in [1.82, 2.24) is 10.2 Å². The van der Waals surface area contributed by atoms with E-state index in [0.29, 0.717) is 6.04 Å². The molecule has 2 rings (SSSR count). The number of hydrogen-bond acceptors (Lipinski definition) is 3. The van der Waals surface area contributed by atoms with Gasteiger partial charge in [0.2, 0.25) is 0 Å². The predicted octanol–water partition coefficient (Wildman–Crippen LogP) is 0.535. The van der Waals surface area contributed by atoms with Crippen LogP contribution >= 0.6 is 0 Å². The Balaban J connectivity index is 1.79.